The second-order valence-corrected chi connectivity index (χ2v) is 8.63. The Kier molecular flexibility index (Phi) is 5.93. The first-order valence-corrected chi connectivity index (χ1v) is 10.5. The van der Waals surface area contributed by atoms with Crippen molar-refractivity contribution in [3.05, 3.63) is 59.9 Å². The molecule has 164 valence electrons. The number of halogens is 1. The van der Waals surface area contributed by atoms with Gasteiger partial charge >= 0.3 is 0 Å². The molecule has 3 aromatic rings. The fraction of sp³-hybridized carbons (Fsp3) is 0.391. The fourth-order valence-electron chi connectivity index (χ4n) is 4.18. The number of amides is 1. The number of fused-ring (bicyclic) bond motifs is 1. The molecule has 0 spiro atoms. The number of alkyl halides is 1. The molecule has 1 saturated heterocycles. The molecule has 2 N–H and O–H groups in total. The van der Waals surface area contributed by atoms with Crippen LogP contribution < -0.4 is 10.4 Å². The van der Waals surface area contributed by atoms with Crippen LogP contribution in [0.15, 0.2) is 48.8 Å². The van der Waals surface area contributed by atoms with Crippen molar-refractivity contribution in [2.45, 2.75) is 26.1 Å². The predicted molar refractivity (Wildman–Crippen MR) is 118 cm³/mol. The highest BCUT2D eigenvalue weighted by Crippen LogP contribution is 2.28. The standard InChI is InChI=1S/C23H28FN5O2/c1-23(2,24)16-27-11-13-28(14-12-27)20-7-9-25-21-19(20)8-10-29(21)15-17-3-5-18(6-4-17)22(30)26-31/h3-10,31H,11-16H2,1-2H3,(H,26,30). The lowest BCUT2D eigenvalue weighted by molar-refractivity contribution is 0.0706. The molecule has 1 aliphatic heterocycles. The van der Waals surface area contributed by atoms with Gasteiger partial charge in [0.1, 0.15) is 11.3 Å². The van der Waals surface area contributed by atoms with Gasteiger partial charge in [0.15, 0.2) is 0 Å². The number of nitrogens with zero attached hydrogens (tertiary/aromatic N) is 4. The van der Waals surface area contributed by atoms with E-state index >= 15 is 0 Å². The zero-order valence-corrected chi connectivity index (χ0v) is 17.9. The number of carbonyl (C=O) groups excluding carboxylic acids is 1. The van der Waals surface area contributed by atoms with Crippen molar-refractivity contribution in [1.29, 1.82) is 0 Å². The number of aromatic nitrogens is 2. The Hall–Kier alpha value is -2.97. The Labute approximate surface area is 181 Å². The van der Waals surface area contributed by atoms with Gasteiger partial charge in [-0.3, -0.25) is 14.9 Å². The predicted octanol–water partition coefficient (Wildman–Crippen LogP) is 3.07. The van der Waals surface area contributed by atoms with Crippen LogP contribution in [-0.2, 0) is 6.54 Å². The number of hydroxylamine groups is 1. The second kappa shape index (κ2) is 8.64. The lowest BCUT2D eigenvalue weighted by Crippen LogP contribution is -2.49. The zero-order valence-electron chi connectivity index (χ0n) is 17.9. The van der Waals surface area contributed by atoms with Crippen LogP contribution >= 0.6 is 0 Å². The maximum absolute atomic E-state index is 14.0. The van der Waals surface area contributed by atoms with Crippen LogP contribution in [0.2, 0.25) is 0 Å². The number of hydrogen-bond donors (Lipinski definition) is 2. The van der Waals surface area contributed by atoms with E-state index in [-0.39, 0.29) is 0 Å². The van der Waals surface area contributed by atoms with E-state index in [0.29, 0.717) is 18.7 Å². The molecule has 8 heteroatoms. The Morgan fingerprint density at radius 2 is 1.84 bits per heavy atom. The molecule has 0 aliphatic carbocycles. The van der Waals surface area contributed by atoms with Crippen molar-refractivity contribution in [2.24, 2.45) is 0 Å². The lowest BCUT2D eigenvalue weighted by Gasteiger charge is -2.38. The number of benzene rings is 1. The third-order valence-electron chi connectivity index (χ3n) is 5.62. The van der Waals surface area contributed by atoms with Crippen LogP contribution in [0.1, 0.15) is 29.8 Å². The van der Waals surface area contributed by atoms with Crippen molar-refractivity contribution in [1.82, 2.24) is 19.9 Å². The van der Waals surface area contributed by atoms with Crippen LogP contribution in [0.4, 0.5) is 10.1 Å². The molecule has 0 unspecified atom stereocenters. The molecular weight excluding hydrogens is 397 g/mol. The van der Waals surface area contributed by atoms with Crippen molar-refractivity contribution in [2.75, 3.05) is 37.6 Å². The molecule has 0 atom stereocenters. The van der Waals surface area contributed by atoms with Gasteiger partial charge in [-0.15, -0.1) is 0 Å². The highest BCUT2D eigenvalue weighted by molar-refractivity contribution is 5.93. The van der Waals surface area contributed by atoms with Crippen LogP contribution in [0.3, 0.4) is 0 Å². The van der Waals surface area contributed by atoms with Gasteiger partial charge in [-0.1, -0.05) is 12.1 Å². The number of piperazine rings is 1. The monoisotopic (exact) mass is 425 g/mol. The third-order valence-corrected chi connectivity index (χ3v) is 5.62. The zero-order chi connectivity index (χ0) is 22.0. The summed E-state index contributed by atoms with van der Waals surface area (Å²) in [5.74, 6) is -0.528. The molecule has 2 aromatic heterocycles. The summed E-state index contributed by atoms with van der Waals surface area (Å²) in [7, 11) is 0. The Morgan fingerprint density at radius 1 is 1.13 bits per heavy atom. The molecule has 0 bridgehead atoms. The van der Waals surface area contributed by atoms with E-state index in [1.807, 2.05) is 30.6 Å². The van der Waals surface area contributed by atoms with E-state index in [4.69, 9.17) is 5.21 Å². The number of hydrogen-bond acceptors (Lipinski definition) is 5. The lowest BCUT2D eigenvalue weighted by atomic mass is 10.1. The minimum atomic E-state index is -1.18. The van der Waals surface area contributed by atoms with Crippen molar-refractivity contribution in [3.63, 3.8) is 0 Å². The Bertz CT molecular complexity index is 1050. The Balaban J connectivity index is 1.49. The fourth-order valence-corrected chi connectivity index (χ4v) is 4.18. The summed E-state index contributed by atoms with van der Waals surface area (Å²) in [4.78, 5) is 20.6. The molecule has 1 fully saturated rings. The number of nitrogens with one attached hydrogen (secondary N) is 1. The summed E-state index contributed by atoms with van der Waals surface area (Å²) in [5, 5.41) is 9.84. The summed E-state index contributed by atoms with van der Waals surface area (Å²) in [5.41, 5.74) is 3.95. The van der Waals surface area contributed by atoms with Gasteiger partial charge in [-0.05, 0) is 43.7 Å². The van der Waals surface area contributed by atoms with Gasteiger partial charge < -0.3 is 9.47 Å². The maximum atomic E-state index is 14.0. The molecule has 1 aromatic carbocycles. The quantitative estimate of drug-likeness (QED) is 0.469. The van der Waals surface area contributed by atoms with E-state index in [9.17, 15) is 9.18 Å². The van der Waals surface area contributed by atoms with E-state index in [1.165, 1.54) is 0 Å². The molecule has 7 nitrogen and oxygen atoms in total. The molecule has 0 saturated carbocycles. The number of anilines is 1. The molecule has 1 aliphatic rings. The van der Waals surface area contributed by atoms with Crippen molar-refractivity contribution >= 4 is 22.6 Å². The van der Waals surface area contributed by atoms with E-state index in [1.54, 1.807) is 31.5 Å². The first-order chi connectivity index (χ1) is 14.8. The Morgan fingerprint density at radius 3 is 2.48 bits per heavy atom. The summed E-state index contributed by atoms with van der Waals surface area (Å²) >= 11 is 0. The summed E-state index contributed by atoms with van der Waals surface area (Å²) in [6.45, 7) is 7.73. The van der Waals surface area contributed by atoms with Crippen LogP contribution in [0.25, 0.3) is 11.0 Å². The average Bonchev–Trinajstić information content (AvgIpc) is 3.16. The maximum Gasteiger partial charge on any atom is 0.274 e. The van der Waals surface area contributed by atoms with Gasteiger partial charge in [0, 0.05) is 68.3 Å². The average molecular weight is 426 g/mol. The number of carbonyl (C=O) groups is 1. The molecule has 4 rings (SSSR count). The molecule has 31 heavy (non-hydrogen) atoms. The number of rotatable bonds is 6. The topological polar surface area (TPSA) is 73.6 Å². The summed E-state index contributed by atoms with van der Waals surface area (Å²) in [6, 6.07) is 11.2. The SMILES string of the molecule is CC(C)(F)CN1CCN(c2ccnc3c2ccn3Cc2ccc(C(=O)NO)cc2)CC1. The highest BCUT2D eigenvalue weighted by Gasteiger charge is 2.25. The molecule has 3 heterocycles. The summed E-state index contributed by atoms with van der Waals surface area (Å²) < 4.78 is 16.1. The molecular formula is C23H28FN5O2. The van der Waals surface area contributed by atoms with Crippen molar-refractivity contribution < 1.29 is 14.4 Å². The minimum absolute atomic E-state index is 0.402. The van der Waals surface area contributed by atoms with E-state index in [2.05, 4.69) is 25.4 Å². The molecule has 0 radical (unpaired) electrons. The van der Waals surface area contributed by atoms with Gasteiger partial charge in [0.25, 0.3) is 5.91 Å². The highest BCUT2D eigenvalue weighted by atomic mass is 19.1. The second-order valence-electron chi connectivity index (χ2n) is 8.63. The van der Waals surface area contributed by atoms with Crippen LogP contribution in [0, 0.1) is 0 Å². The molecule has 1 amide bonds. The third kappa shape index (κ3) is 4.86. The van der Waals surface area contributed by atoms with Crippen LogP contribution in [0.5, 0.6) is 0 Å². The summed E-state index contributed by atoms with van der Waals surface area (Å²) in [6.07, 6.45) is 3.86. The largest absolute Gasteiger partial charge is 0.368 e. The normalized spacial score (nSPS) is 15.4. The minimum Gasteiger partial charge on any atom is -0.368 e. The first kappa shape index (κ1) is 21.3. The van der Waals surface area contributed by atoms with Gasteiger partial charge in [-0.25, -0.2) is 14.9 Å². The van der Waals surface area contributed by atoms with Gasteiger partial charge in [-0.2, -0.15) is 0 Å². The smallest absolute Gasteiger partial charge is 0.274 e. The van der Waals surface area contributed by atoms with Crippen molar-refractivity contribution in [3.8, 4) is 0 Å². The van der Waals surface area contributed by atoms with E-state index < -0.39 is 11.6 Å². The van der Waals surface area contributed by atoms with E-state index in [0.717, 1.165) is 48.5 Å². The first-order valence-electron chi connectivity index (χ1n) is 10.5. The number of pyridine rings is 1. The van der Waals surface area contributed by atoms with Gasteiger partial charge in [0.05, 0.1) is 0 Å². The van der Waals surface area contributed by atoms with Gasteiger partial charge in [0.2, 0.25) is 0 Å². The van der Waals surface area contributed by atoms with Crippen LogP contribution in [-0.4, -0.2) is 64.0 Å².